The van der Waals surface area contributed by atoms with Gasteiger partial charge in [0.15, 0.2) is 0 Å². The average molecular weight is 721 g/mol. The molecule has 1 spiro atoms. The molecule has 7 rings (SSSR count). The van der Waals surface area contributed by atoms with E-state index in [4.69, 9.17) is 4.74 Å². The fraction of sp³-hybridized carbons (Fsp3) is 0.405. The van der Waals surface area contributed by atoms with Crippen molar-refractivity contribution in [2.75, 3.05) is 54.1 Å². The van der Waals surface area contributed by atoms with Gasteiger partial charge in [0.25, 0.3) is 5.91 Å². The first-order chi connectivity index (χ1) is 25.2. The number of aliphatic hydroxyl groups excluding tert-OH is 1. The summed E-state index contributed by atoms with van der Waals surface area (Å²) in [6.07, 6.45) is 8.47. The standard InChI is InChI=1S/C42H48N4O5S/c1-5-43(6-2)30-15-17-31(18-16-30)45-26-12-24-42-36(39(49)46(37(42)40(45)50)33(28-47)27-29-13-9-8-10-14-29)35-38(48)44(25-11-23-41(35,4)52-42)32-19-21-34(22-20-32)51-7-3/h8-24,33,35-37,47H,5-7,25-28H2,1-4H3/t33-,35+,36+,37?,41-,42+/m1/s1. The molecule has 2 fully saturated rings. The minimum absolute atomic E-state index is 0.155. The van der Waals surface area contributed by atoms with Crippen molar-refractivity contribution in [2.45, 2.75) is 55.7 Å². The van der Waals surface area contributed by atoms with Crippen molar-refractivity contribution < 1.29 is 24.2 Å². The van der Waals surface area contributed by atoms with Crippen LogP contribution < -0.4 is 19.4 Å². The number of thioether (sulfide) groups is 1. The van der Waals surface area contributed by atoms with Crippen LogP contribution in [0.2, 0.25) is 0 Å². The highest BCUT2D eigenvalue weighted by atomic mass is 32.2. The number of hydrogen-bond donors (Lipinski definition) is 1. The third kappa shape index (κ3) is 5.99. The molecule has 3 aromatic rings. The van der Waals surface area contributed by atoms with Crippen LogP contribution in [0, 0.1) is 11.8 Å². The summed E-state index contributed by atoms with van der Waals surface area (Å²) in [5.41, 5.74) is 3.48. The molecule has 0 radical (unpaired) electrons. The molecule has 0 aliphatic carbocycles. The molecule has 52 heavy (non-hydrogen) atoms. The maximum atomic E-state index is 15.2. The Kier molecular flexibility index (Phi) is 9.97. The lowest BCUT2D eigenvalue weighted by molar-refractivity contribution is -0.142. The Bertz CT molecular complexity index is 1850. The summed E-state index contributed by atoms with van der Waals surface area (Å²) in [7, 11) is 0. The van der Waals surface area contributed by atoms with Gasteiger partial charge in [-0.25, -0.2) is 0 Å². The number of ether oxygens (including phenoxy) is 1. The van der Waals surface area contributed by atoms with Crippen LogP contribution in [0.1, 0.15) is 33.3 Å². The summed E-state index contributed by atoms with van der Waals surface area (Å²) in [4.78, 5) is 52.8. The van der Waals surface area contributed by atoms with E-state index < -0.39 is 33.4 Å². The second kappa shape index (κ2) is 14.5. The lowest BCUT2D eigenvalue weighted by atomic mass is 9.74. The van der Waals surface area contributed by atoms with Gasteiger partial charge in [-0.05, 0) is 88.2 Å². The Morgan fingerprint density at radius 2 is 1.42 bits per heavy atom. The van der Waals surface area contributed by atoms with E-state index in [-0.39, 0.29) is 24.3 Å². The molecule has 0 bridgehead atoms. The summed E-state index contributed by atoms with van der Waals surface area (Å²) in [6, 6.07) is 23.6. The third-order valence-electron chi connectivity index (χ3n) is 11.2. The second-order valence-corrected chi connectivity index (χ2v) is 15.9. The number of hydrogen-bond acceptors (Lipinski definition) is 7. The number of fused-ring (bicyclic) bond motifs is 2. The van der Waals surface area contributed by atoms with Crippen LogP contribution in [-0.4, -0.2) is 88.7 Å². The maximum absolute atomic E-state index is 15.2. The zero-order valence-electron chi connectivity index (χ0n) is 30.4. The Morgan fingerprint density at radius 1 is 0.808 bits per heavy atom. The zero-order valence-corrected chi connectivity index (χ0v) is 31.2. The van der Waals surface area contributed by atoms with E-state index in [1.54, 1.807) is 26.5 Å². The van der Waals surface area contributed by atoms with Gasteiger partial charge in [-0.2, -0.15) is 0 Å². The summed E-state index contributed by atoms with van der Waals surface area (Å²) >= 11 is 1.55. The van der Waals surface area contributed by atoms with Crippen LogP contribution in [0.3, 0.4) is 0 Å². The molecule has 3 aromatic carbocycles. The van der Waals surface area contributed by atoms with E-state index in [1.165, 1.54) is 0 Å². The summed E-state index contributed by atoms with van der Waals surface area (Å²) in [5.74, 6) is -1.50. The quantitative estimate of drug-likeness (QED) is 0.253. The highest BCUT2D eigenvalue weighted by Gasteiger charge is 2.74. The molecule has 4 aliphatic heterocycles. The first kappa shape index (κ1) is 35.8. The van der Waals surface area contributed by atoms with E-state index in [0.717, 1.165) is 41.5 Å². The molecule has 6 atom stereocenters. The van der Waals surface area contributed by atoms with Crippen molar-refractivity contribution >= 4 is 46.5 Å². The number of likely N-dealkylation sites (tertiary alicyclic amines) is 1. The molecule has 3 amide bonds. The number of rotatable bonds is 11. The molecule has 0 aromatic heterocycles. The van der Waals surface area contributed by atoms with Crippen LogP contribution >= 0.6 is 11.8 Å². The number of benzene rings is 3. The SMILES string of the molecule is CCOc1ccc(N2CC=C[C@@]3(C)S[C@]45C=CCN(c6ccc(N(CC)CC)cc6)C(=O)C4N([C@@H](CO)Cc4ccccc4)C(=O)[C@@H]5[C@H]3C2=O)cc1. The van der Waals surface area contributed by atoms with Crippen LogP contribution in [0.15, 0.2) is 103 Å². The van der Waals surface area contributed by atoms with Gasteiger partial charge in [0.2, 0.25) is 11.8 Å². The monoisotopic (exact) mass is 720 g/mol. The van der Waals surface area contributed by atoms with Crippen molar-refractivity contribution in [1.29, 1.82) is 0 Å². The van der Waals surface area contributed by atoms with Gasteiger partial charge in [-0.3, -0.25) is 14.4 Å². The van der Waals surface area contributed by atoms with Gasteiger partial charge >= 0.3 is 0 Å². The van der Waals surface area contributed by atoms with Gasteiger partial charge < -0.3 is 29.4 Å². The molecule has 9 nitrogen and oxygen atoms in total. The molecule has 4 aliphatic rings. The Hall–Kier alpha value is -4.54. The van der Waals surface area contributed by atoms with Crippen molar-refractivity contribution in [1.82, 2.24) is 4.90 Å². The molecule has 0 saturated carbocycles. The van der Waals surface area contributed by atoms with Crippen molar-refractivity contribution in [3.63, 3.8) is 0 Å². The molecule has 4 heterocycles. The fourth-order valence-corrected chi connectivity index (χ4v) is 10.9. The van der Waals surface area contributed by atoms with Gasteiger partial charge in [0.05, 0.1) is 35.8 Å². The molecule has 1 N–H and O–H groups in total. The fourth-order valence-electron chi connectivity index (χ4n) is 8.78. The minimum Gasteiger partial charge on any atom is -0.494 e. The van der Waals surface area contributed by atoms with Crippen LogP contribution in [-0.2, 0) is 20.8 Å². The molecule has 1 unspecified atom stereocenters. The zero-order chi connectivity index (χ0) is 36.6. The lowest BCUT2D eigenvalue weighted by Crippen LogP contribution is -2.57. The number of amides is 3. The lowest BCUT2D eigenvalue weighted by Gasteiger charge is -2.40. The molecule has 2 saturated heterocycles. The van der Waals surface area contributed by atoms with Gasteiger partial charge in [0, 0.05) is 48.0 Å². The minimum atomic E-state index is -1.05. The highest BCUT2D eigenvalue weighted by Crippen LogP contribution is 2.66. The predicted molar refractivity (Wildman–Crippen MR) is 208 cm³/mol. The third-order valence-corrected chi connectivity index (χ3v) is 13.0. The van der Waals surface area contributed by atoms with Gasteiger partial charge in [-0.1, -0.05) is 54.6 Å². The number of carbonyl (C=O) groups is 3. The van der Waals surface area contributed by atoms with Crippen LogP contribution in [0.25, 0.3) is 0 Å². The largest absolute Gasteiger partial charge is 0.494 e. The van der Waals surface area contributed by atoms with E-state index in [2.05, 4.69) is 24.8 Å². The van der Waals surface area contributed by atoms with E-state index in [1.807, 2.05) is 111 Å². The number of aliphatic hydroxyl groups is 1. The number of nitrogens with zero attached hydrogens (tertiary/aromatic N) is 4. The molecule has 10 heteroatoms. The van der Waals surface area contributed by atoms with E-state index >= 15 is 9.59 Å². The van der Waals surface area contributed by atoms with Crippen molar-refractivity contribution in [2.24, 2.45) is 11.8 Å². The predicted octanol–water partition coefficient (Wildman–Crippen LogP) is 5.73. The summed E-state index contributed by atoms with van der Waals surface area (Å²) in [5, 5.41) is 11.0. The average Bonchev–Trinajstić information content (AvgIpc) is 3.43. The van der Waals surface area contributed by atoms with E-state index in [9.17, 15) is 9.90 Å². The maximum Gasteiger partial charge on any atom is 0.251 e. The highest BCUT2D eigenvalue weighted by molar-refractivity contribution is 8.02. The summed E-state index contributed by atoms with van der Waals surface area (Å²) < 4.78 is 3.84. The Labute approximate surface area is 310 Å². The smallest absolute Gasteiger partial charge is 0.251 e. The number of anilines is 3. The van der Waals surface area contributed by atoms with Crippen molar-refractivity contribution in [3.8, 4) is 5.75 Å². The Balaban J connectivity index is 1.32. The Morgan fingerprint density at radius 3 is 2.04 bits per heavy atom. The molecular weight excluding hydrogens is 673 g/mol. The van der Waals surface area contributed by atoms with Gasteiger partial charge in [-0.15, -0.1) is 11.8 Å². The van der Waals surface area contributed by atoms with E-state index in [0.29, 0.717) is 26.1 Å². The summed E-state index contributed by atoms with van der Waals surface area (Å²) in [6.45, 7) is 10.8. The second-order valence-electron chi connectivity index (χ2n) is 14.1. The van der Waals surface area contributed by atoms with Crippen LogP contribution in [0.4, 0.5) is 17.1 Å². The van der Waals surface area contributed by atoms with Crippen molar-refractivity contribution in [3.05, 3.63) is 109 Å². The van der Waals surface area contributed by atoms with Gasteiger partial charge in [0.1, 0.15) is 11.8 Å². The first-order valence-corrected chi connectivity index (χ1v) is 19.2. The first-order valence-electron chi connectivity index (χ1n) is 18.4. The number of carbonyl (C=O) groups excluding carboxylic acids is 3. The topological polar surface area (TPSA) is 93.6 Å². The molecular formula is C42H48N4O5S. The van der Waals surface area contributed by atoms with Crippen LogP contribution in [0.5, 0.6) is 5.75 Å². The normalized spacial score (nSPS) is 27.2. The molecule has 272 valence electrons.